The predicted octanol–water partition coefficient (Wildman–Crippen LogP) is -0.648. The summed E-state index contributed by atoms with van der Waals surface area (Å²) < 4.78 is 0. The van der Waals surface area contributed by atoms with E-state index >= 15 is 0 Å². The van der Waals surface area contributed by atoms with Gasteiger partial charge in [-0.25, -0.2) is 9.97 Å². The average Bonchev–Trinajstić information content (AvgIpc) is 2.05. The fourth-order valence-electron chi connectivity index (χ4n) is 0.837. The third-order valence-electron chi connectivity index (χ3n) is 1.43. The maximum atomic E-state index is 10.5. The molecule has 1 amide bonds. The van der Waals surface area contributed by atoms with Gasteiger partial charge < -0.3 is 11.5 Å². The molecule has 5 heteroatoms. The van der Waals surface area contributed by atoms with Crippen molar-refractivity contribution in [3.8, 4) is 0 Å². The lowest BCUT2D eigenvalue weighted by molar-refractivity contribution is -0.118. The number of nitrogens with two attached hydrogens (primary N) is 2. The topological polar surface area (TPSA) is 94.9 Å². The van der Waals surface area contributed by atoms with Crippen molar-refractivity contribution >= 4 is 5.91 Å². The number of carbonyl (C=O) groups is 1. The molecule has 1 aromatic rings. The minimum absolute atomic E-state index is 0.118. The molecule has 0 fully saturated rings. The number of amides is 1. The Morgan fingerprint density at radius 3 is 2.58 bits per heavy atom. The molecular weight excluding hydrogens is 156 g/mol. The van der Waals surface area contributed by atoms with Crippen LogP contribution in [-0.4, -0.2) is 15.9 Å². The standard InChI is InChI=1S/C7H10N4O/c8-6(1-7(9)12)5-2-10-4-11-3-5/h2-4,6H,1,8H2,(H2,9,12). The molecule has 0 aliphatic rings. The van der Waals surface area contributed by atoms with Crippen LogP contribution in [-0.2, 0) is 4.79 Å². The third-order valence-corrected chi connectivity index (χ3v) is 1.43. The molecule has 5 nitrogen and oxygen atoms in total. The summed E-state index contributed by atoms with van der Waals surface area (Å²) in [7, 11) is 0. The monoisotopic (exact) mass is 166 g/mol. The molecule has 0 bridgehead atoms. The molecule has 4 N–H and O–H groups in total. The normalized spacial score (nSPS) is 12.4. The molecule has 0 radical (unpaired) electrons. The Hall–Kier alpha value is -1.49. The lowest BCUT2D eigenvalue weighted by Gasteiger charge is -2.07. The van der Waals surface area contributed by atoms with E-state index in [0.717, 1.165) is 5.56 Å². The number of hydrogen-bond donors (Lipinski definition) is 2. The number of aromatic nitrogens is 2. The molecule has 0 spiro atoms. The van der Waals surface area contributed by atoms with Crippen molar-refractivity contribution < 1.29 is 4.79 Å². The van der Waals surface area contributed by atoms with Crippen LogP contribution < -0.4 is 11.5 Å². The first-order valence-corrected chi connectivity index (χ1v) is 3.49. The van der Waals surface area contributed by atoms with Crippen LogP contribution in [0.2, 0.25) is 0 Å². The zero-order chi connectivity index (χ0) is 8.97. The number of rotatable bonds is 3. The third kappa shape index (κ3) is 2.28. The Labute approximate surface area is 69.8 Å². The van der Waals surface area contributed by atoms with Crippen LogP contribution in [0.15, 0.2) is 18.7 Å². The Morgan fingerprint density at radius 1 is 1.50 bits per heavy atom. The first kappa shape index (κ1) is 8.61. The number of nitrogens with zero attached hydrogens (tertiary/aromatic N) is 2. The summed E-state index contributed by atoms with van der Waals surface area (Å²) in [6.45, 7) is 0. The Bertz CT molecular complexity index is 261. The molecule has 0 aliphatic heterocycles. The molecule has 64 valence electrons. The van der Waals surface area contributed by atoms with E-state index in [-0.39, 0.29) is 6.42 Å². The van der Waals surface area contributed by atoms with Crippen molar-refractivity contribution in [1.29, 1.82) is 0 Å². The minimum atomic E-state index is -0.425. The van der Waals surface area contributed by atoms with Gasteiger partial charge in [-0.15, -0.1) is 0 Å². The molecule has 1 aromatic heterocycles. The van der Waals surface area contributed by atoms with Crippen LogP contribution in [0, 0.1) is 0 Å². The van der Waals surface area contributed by atoms with Crippen LogP contribution >= 0.6 is 0 Å². The molecule has 1 unspecified atom stereocenters. The fraction of sp³-hybridized carbons (Fsp3) is 0.286. The van der Waals surface area contributed by atoms with Gasteiger partial charge in [0, 0.05) is 30.4 Å². The van der Waals surface area contributed by atoms with Gasteiger partial charge in [0.2, 0.25) is 5.91 Å². The van der Waals surface area contributed by atoms with Crippen LogP contribution in [0.25, 0.3) is 0 Å². The second-order valence-electron chi connectivity index (χ2n) is 2.45. The largest absolute Gasteiger partial charge is 0.370 e. The highest BCUT2D eigenvalue weighted by Gasteiger charge is 2.08. The number of hydrogen-bond acceptors (Lipinski definition) is 4. The summed E-state index contributed by atoms with van der Waals surface area (Å²) in [4.78, 5) is 18.0. The van der Waals surface area contributed by atoms with Crippen molar-refractivity contribution in [1.82, 2.24) is 9.97 Å². The van der Waals surface area contributed by atoms with E-state index in [4.69, 9.17) is 11.5 Å². The Kier molecular flexibility index (Phi) is 2.71. The highest BCUT2D eigenvalue weighted by Crippen LogP contribution is 2.09. The number of carbonyl (C=O) groups excluding carboxylic acids is 1. The molecule has 0 saturated carbocycles. The molecule has 1 heterocycles. The molecule has 0 aromatic carbocycles. The van der Waals surface area contributed by atoms with E-state index in [2.05, 4.69) is 9.97 Å². The fourth-order valence-corrected chi connectivity index (χ4v) is 0.837. The number of primary amides is 1. The highest BCUT2D eigenvalue weighted by molar-refractivity contribution is 5.74. The van der Waals surface area contributed by atoms with E-state index in [1.165, 1.54) is 6.33 Å². The summed E-state index contributed by atoms with van der Waals surface area (Å²) in [6, 6.07) is -0.399. The maximum absolute atomic E-state index is 10.5. The smallest absolute Gasteiger partial charge is 0.219 e. The summed E-state index contributed by atoms with van der Waals surface area (Å²) in [5.74, 6) is -0.425. The van der Waals surface area contributed by atoms with Crippen molar-refractivity contribution in [2.45, 2.75) is 12.5 Å². The van der Waals surface area contributed by atoms with E-state index in [9.17, 15) is 4.79 Å². The molecule has 12 heavy (non-hydrogen) atoms. The quantitative estimate of drug-likeness (QED) is 0.623. The highest BCUT2D eigenvalue weighted by atomic mass is 16.1. The zero-order valence-electron chi connectivity index (χ0n) is 6.47. The zero-order valence-corrected chi connectivity index (χ0v) is 6.47. The van der Waals surface area contributed by atoms with E-state index < -0.39 is 11.9 Å². The van der Waals surface area contributed by atoms with Crippen molar-refractivity contribution in [3.05, 3.63) is 24.3 Å². The van der Waals surface area contributed by atoms with Crippen LogP contribution in [0.5, 0.6) is 0 Å². The Balaban J connectivity index is 2.65. The maximum Gasteiger partial charge on any atom is 0.219 e. The summed E-state index contributed by atoms with van der Waals surface area (Å²) in [5.41, 5.74) is 11.3. The average molecular weight is 166 g/mol. The second kappa shape index (κ2) is 3.77. The lowest BCUT2D eigenvalue weighted by atomic mass is 10.1. The van der Waals surface area contributed by atoms with Gasteiger partial charge in [0.25, 0.3) is 0 Å². The van der Waals surface area contributed by atoms with E-state index in [1.54, 1.807) is 12.4 Å². The summed E-state index contributed by atoms with van der Waals surface area (Å²) in [5, 5.41) is 0. The van der Waals surface area contributed by atoms with Gasteiger partial charge in [-0.1, -0.05) is 0 Å². The SMILES string of the molecule is NC(=O)CC(N)c1cncnc1. The molecule has 0 aliphatic carbocycles. The van der Waals surface area contributed by atoms with Crippen molar-refractivity contribution in [2.75, 3.05) is 0 Å². The molecule has 0 saturated heterocycles. The van der Waals surface area contributed by atoms with Gasteiger partial charge >= 0.3 is 0 Å². The van der Waals surface area contributed by atoms with E-state index in [1.807, 2.05) is 0 Å². The lowest BCUT2D eigenvalue weighted by Crippen LogP contribution is -2.20. The van der Waals surface area contributed by atoms with E-state index in [0.29, 0.717) is 0 Å². The van der Waals surface area contributed by atoms with Crippen LogP contribution in [0.4, 0.5) is 0 Å². The van der Waals surface area contributed by atoms with Gasteiger partial charge in [-0.2, -0.15) is 0 Å². The van der Waals surface area contributed by atoms with Gasteiger partial charge in [0.05, 0.1) is 0 Å². The minimum Gasteiger partial charge on any atom is -0.370 e. The van der Waals surface area contributed by atoms with Gasteiger partial charge in [-0.3, -0.25) is 4.79 Å². The molecule has 1 rings (SSSR count). The summed E-state index contributed by atoms with van der Waals surface area (Å²) in [6.07, 6.45) is 4.66. The second-order valence-corrected chi connectivity index (χ2v) is 2.45. The summed E-state index contributed by atoms with van der Waals surface area (Å²) >= 11 is 0. The Morgan fingerprint density at radius 2 is 2.08 bits per heavy atom. The first-order valence-electron chi connectivity index (χ1n) is 3.49. The molecule has 1 atom stereocenters. The first-order chi connectivity index (χ1) is 5.70. The van der Waals surface area contributed by atoms with Crippen molar-refractivity contribution in [3.63, 3.8) is 0 Å². The van der Waals surface area contributed by atoms with Crippen LogP contribution in [0.1, 0.15) is 18.0 Å². The molecular formula is C7H10N4O. The van der Waals surface area contributed by atoms with Gasteiger partial charge in [0.15, 0.2) is 0 Å². The van der Waals surface area contributed by atoms with Crippen molar-refractivity contribution in [2.24, 2.45) is 11.5 Å². The van der Waals surface area contributed by atoms with Gasteiger partial charge in [-0.05, 0) is 0 Å². The predicted molar refractivity (Wildman–Crippen MR) is 42.8 cm³/mol. The van der Waals surface area contributed by atoms with Gasteiger partial charge in [0.1, 0.15) is 6.33 Å². The van der Waals surface area contributed by atoms with Crippen LogP contribution in [0.3, 0.4) is 0 Å².